The lowest BCUT2D eigenvalue weighted by atomic mass is 10.1. The molecule has 2 N–H and O–H groups in total. The average Bonchev–Trinajstić information content (AvgIpc) is 3.18. The number of nitrogens with zero attached hydrogens (tertiary/aromatic N) is 1. The maximum absolute atomic E-state index is 5.68. The highest BCUT2D eigenvalue weighted by atomic mass is 32.1. The normalized spacial score (nSPS) is 16.4. The Morgan fingerprint density at radius 2 is 1.92 bits per heavy atom. The number of nitrogens with one attached hydrogen (secondary N) is 2. The molecule has 0 radical (unpaired) electrons. The van der Waals surface area contributed by atoms with Gasteiger partial charge in [0, 0.05) is 12.2 Å². The summed E-state index contributed by atoms with van der Waals surface area (Å²) < 4.78 is 5.68. The number of aryl methyl sites for hydroxylation is 1. The van der Waals surface area contributed by atoms with Crippen LogP contribution in [0.4, 0.5) is 5.69 Å². The number of furan rings is 1. The molecule has 3 rings (SSSR count). The molecular formula is C20H27N3OS. The first-order valence-corrected chi connectivity index (χ1v) is 9.58. The quantitative estimate of drug-likeness (QED) is 0.752. The van der Waals surface area contributed by atoms with Gasteiger partial charge in [-0.2, -0.15) is 0 Å². The van der Waals surface area contributed by atoms with Crippen LogP contribution in [-0.2, 0) is 6.42 Å². The molecule has 1 fully saturated rings. The first kappa shape index (κ1) is 18.0. The fraction of sp³-hybridized carbons (Fsp3) is 0.450. The van der Waals surface area contributed by atoms with E-state index in [4.69, 9.17) is 16.6 Å². The molecule has 2 aromatic rings. The van der Waals surface area contributed by atoms with Crippen molar-refractivity contribution in [2.75, 3.05) is 25.0 Å². The van der Waals surface area contributed by atoms with E-state index in [1.165, 1.54) is 24.8 Å². The lowest BCUT2D eigenvalue weighted by Gasteiger charge is -2.33. The fourth-order valence-corrected chi connectivity index (χ4v) is 3.51. The minimum absolute atomic E-state index is 0.220. The monoisotopic (exact) mass is 357 g/mol. The third kappa shape index (κ3) is 5.06. The molecule has 2 heterocycles. The molecule has 1 aliphatic rings. The van der Waals surface area contributed by atoms with Crippen LogP contribution in [0.1, 0.15) is 43.6 Å². The zero-order valence-corrected chi connectivity index (χ0v) is 15.6. The van der Waals surface area contributed by atoms with E-state index in [0.717, 1.165) is 37.5 Å². The van der Waals surface area contributed by atoms with Gasteiger partial charge < -0.3 is 15.1 Å². The van der Waals surface area contributed by atoms with E-state index in [2.05, 4.69) is 52.8 Å². The molecular weight excluding hydrogens is 330 g/mol. The topological polar surface area (TPSA) is 40.4 Å². The van der Waals surface area contributed by atoms with Crippen LogP contribution in [0.2, 0.25) is 0 Å². The Morgan fingerprint density at radius 1 is 1.16 bits per heavy atom. The summed E-state index contributed by atoms with van der Waals surface area (Å²) in [4.78, 5) is 2.49. The number of anilines is 1. The summed E-state index contributed by atoms with van der Waals surface area (Å²) in [6.45, 7) is 5.13. The van der Waals surface area contributed by atoms with Crippen molar-refractivity contribution < 1.29 is 4.42 Å². The number of likely N-dealkylation sites (tertiary alicyclic amines) is 1. The minimum Gasteiger partial charge on any atom is -0.468 e. The smallest absolute Gasteiger partial charge is 0.170 e. The highest BCUT2D eigenvalue weighted by Gasteiger charge is 2.24. The van der Waals surface area contributed by atoms with Crippen molar-refractivity contribution in [1.29, 1.82) is 0 Å². The molecule has 1 aliphatic heterocycles. The molecule has 0 unspecified atom stereocenters. The molecule has 0 aliphatic carbocycles. The Morgan fingerprint density at radius 3 is 2.56 bits per heavy atom. The second-order valence-electron chi connectivity index (χ2n) is 6.51. The van der Waals surface area contributed by atoms with Crippen LogP contribution in [-0.4, -0.2) is 29.6 Å². The summed E-state index contributed by atoms with van der Waals surface area (Å²) in [6.07, 6.45) is 6.62. The first-order valence-electron chi connectivity index (χ1n) is 9.17. The highest BCUT2D eigenvalue weighted by Crippen LogP contribution is 2.24. The van der Waals surface area contributed by atoms with Gasteiger partial charge in [0.2, 0.25) is 0 Å². The number of benzene rings is 1. The zero-order valence-electron chi connectivity index (χ0n) is 14.8. The van der Waals surface area contributed by atoms with E-state index in [0.29, 0.717) is 5.11 Å². The van der Waals surface area contributed by atoms with Gasteiger partial charge >= 0.3 is 0 Å². The van der Waals surface area contributed by atoms with Gasteiger partial charge in [0.15, 0.2) is 5.11 Å². The van der Waals surface area contributed by atoms with Crippen LogP contribution in [0.15, 0.2) is 47.1 Å². The fourth-order valence-electron chi connectivity index (χ4n) is 3.31. The third-order valence-corrected chi connectivity index (χ3v) is 5.03. The van der Waals surface area contributed by atoms with Crippen molar-refractivity contribution >= 4 is 23.0 Å². The van der Waals surface area contributed by atoms with E-state index >= 15 is 0 Å². The van der Waals surface area contributed by atoms with Crippen molar-refractivity contribution in [3.05, 3.63) is 54.0 Å². The SMILES string of the molecule is CCc1ccc(NC(=S)NC[C@H](c2ccco2)N2CCCCC2)cc1. The van der Waals surface area contributed by atoms with Gasteiger partial charge in [-0.1, -0.05) is 25.5 Å². The van der Waals surface area contributed by atoms with Gasteiger partial charge in [-0.15, -0.1) is 0 Å². The second kappa shape index (κ2) is 9.02. The summed E-state index contributed by atoms with van der Waals surface area (Å²) in [6, 6.07) is 12.6. The van der Waals surface area contributed by atoms with Crippen LogP contribution >= 0.6 is 12.2 Å². The number of hydrogen-bond donors (Lipinski definition) is 2. The van der Waals surface area contributed by atoms with Crippen molar-refractivity contribution in [3.8, 4) is 0 Å². The highest BCUT2D eigenvalue weighted by molar-refractivity contribution is 7.80. The number of piperidine rings is 1. The molecule has 0 saturated carbocycles. The van der Waals surface area contributed by atoms with Crippen molar-refractivity contribution in [1.82, 2.24) is 10.2 Å². The summed E-state index contributed by atoms with van der Waals surface area (Å²) in [7, 11) is 0. The van der Waals surface area contributed by atoms with Crippen molar-refractivity contribution in [2.45, 2.75) is 38.6 Å². The first-order chi connectivity index (χ1) is 12.3. The minimum atomic E-state index is 0.220. The third-order valence-electron chi connectivity index (χ3n) is 4.78. The Kier molecular flexibility index (Phi) is 6.48. The van der Waals surface area contributed by atoms with Crippen LogP contribution in [0, 0.1) is 0 Å². The van der Waals surface area contributed by atoms with Gasteiger partial charge in [-0.05, 0) is 74.4 Å². The lowest BCUT2D eigenvalue weighted by Crippen LogP contribution is -2.41. The van der Waals surface area contributed by atoms with E-state index < -0.39 is 0 Å². The molecule has 1 saturated heterocycles. The predicted molar refractivity (Wildman–Crippen MR) is 107 cm³/mol. The summed E-state index contributed by atoms with van der Waals surface area (Å²) >= 11 is 5.48. The second-order valence-corrected chi connectivity index (χ2v) is 6.92. The van der Waals surface area contributed by atoms with Gasteiger partial charge in [-0.25, -0.2) is 0 Å². The van der Waals surface area contributed by atoms with Crippen LogP contribution < -0.4 is 10.6 Å². The molecule has 5 heteroatoms. The van der Waals surface area contributed by atoms with Crippen LogP contribution in [0.5, 0.6) is 0 Å². The lowest BCUT2D eigenvalue weighted by molar-refractivity contribution is 0.146. The van der Waals surface area contributed by atoms with Gasteiger partial charge in [-0.3, -0.25) is 4.90 Å². The van der Waals surface area contributed by atoms with Crippen LogP contribution in [0.3, 0.4) is 0 Å². The van der Waals surface area contributed by atoms with Gasteiger partial charge in [0.1, 0.15) is 5.76 Å². The van der Waals surface area contributed by atoms with Crippen molar-refractivity contribution in [2.24, 2.45) is 0 Å². The Labute approximate surface area is 155 Å². The van der Waals surface area contributed by atoms with Gasteiger partial charge in [0.25, 0.3) is 0 Å². The van der Waals surface area contributed by atoms with E-state index in [1.807, 2.05) is 6.07 Å². The number of rotatable bonds is 6. The molecule has 25 heavy (non-hydrogen) atoms. The predicted octanol–water partition coefficient (Wildman–Crippen LogP) is 4.36. The van der Waals surface area contributed by atoms with E-state index in [9.17, 15) is 0 Å². The Hall–Kier alpha value is -1.85. The van der Waals surface area contributed by atoms with E-state index in [1.54, 1.807) is 6.26 Å². The Bertz CT molecular complexity index is 648. The molecule has 4 nitrogen and oxygen atoms in total. The number of thiocarbonyl (C=S) groups is 1. The van der Waals surface area contributed by atoms with E-state index in [-0.39, 0.29) is 6.04 Å². The largest absolute Gasteiger partial charge is 0.468 e. The molecule has 1 atom stereocenters. The molecule has 1 aromatic heterocycles. The molecule has 134 valence electrons. The summed E-state index contributed by atoms with van der Waals surface area (Å²) in [5.41, 5.74) is 2.34. The summed E-state index contributed by atoms with van der Waals surface area (Å²) in [5.74, 6) is 1.00. The standard InChI is InChI=1S/C20H27N3OS/c1-2-16-8-10-17(11-9-16)22-20(25)21-15-18(19-7-6-14-24-19)23-12-4-3-5-13-23/h6-11,14,18H,2-5,12-13,15H2,1H3,(H2,21,22,25)/t18-/m1/s1. The van der Waals surface area contributed by atoms with Crippen LogP contribution in [0.25, 0.3) is 0 Å². The number of hydrogen-bond acceptors (Lipinski definition) is 3. The maximum atomic E-state index is 5.68. The summed E-state index contributed by atoms with van der Waals surface area (Å²) in [5, 5.41) is 7.28. The molecule has 0 spiro atoms. The van der Waals surface area contributed by atoms with Gasteiger partial charge in [0.05, 0.1) is 12.3 Å². The van der Waals surface area contributed by atoms with Crippen molar-refractivity contribution in [3.63, 3.8) is 0 Å². The average molecular weight is 358 g/mol. The molecule has 1 aromatic carbocycles. The molecule has 0 amide bonds. The zero-order chi connectivity index (χ0) is 17.5. The Balaban J connectivity index is 1.57. The maximum Gasteiger partial charge on any atom is 0.170 e. The molecule has 0 bridgehead atoms.